The molecule has 2 amide bonds. The van der Waals surface area contributed by atoms with Crippen LogP contribution in [0.2, 0.25) is 0 Å². The zero-order valence-corrected chi connectivity index (χ0v) is 14.3. The van der Waals surface area contributed by atoms with E-state index in [1.807, 2.05) is 26.8 Å². The van der Waals surface area contributed by atoms with Crippen LogP contribution in [0.5, 0.6) is 0 Å². The van der Waals surface area contributed by atoms with Gasteiger partial charge in [-0.15, -0.1) is 0 Å². The van der Waals surface area contributed by atoms with Gasteiger partial charge >= 0.3 is 0 Å². The summed E-state index contributed by atoms with van der Waals surface area (Å²) in [6.45, 7) is 7.04. The van der Waals surface area contributed by atoms with E-state index in [2.05, 4.69) is 12.1 Å². The van der Waals surface area contributed by atoms with Crippen molar-refractivity contribution >= 4 is 29.0 Å². The molecular formula is C17H21NO3S. The van der Waals surface area contributed by atoms with Gasteiger partial charge < -0.3 is 4.74 Å². The van der Waals surface area contributed by atoms with Gasteiger partial charge in [-0.05, 0) is 61.7 Å². The standard InChI is InChI=1S/C17H21NO3S/c1-11-8-12(2)14(13(3)9-11)10-15-16(19)18(17(20)22-15)6-5-7-21-4/h8-10H,5-7H2,1-4H3/b15-10+. The Bertz CT molecular complexity index is 614. The number of rotatable bonds is 5. The third kappa shape index (κ3) is 3.59. The van der Waals surface area contributed by atoms with Gasteiger partial charge in [0.15, 0.2) is 0 Å². The Labute approximate surface area is 135 Å². The molecule has 1 aromatic carbocycles. The normalized spacial score (nSPS) is 16.9. The smallest absolute Gasteiger partial charge is 0.293 e. The van der Waals surface area contributed by atoms with Crippen molar-refractivity contribution in [1.29, 1.82) is 0 Å². The van der Waals surface area contributed by atoms with Crippen molar-refractivity contribution in [1.82, 2.24) is 4.90 Å². The van der Waals surface area contributed by atoms with Crippen molar-refractivity contribution in [2.75, 3.05) is 20.3 Å². The van der Waals surface area contributed by atoms with E-state index in [1.165, 1.54) is 10.5 Å². The number of methoxy groups -OCH3 is 1. The summed E-state index contributed by atoms with van der Waals surface area (Å²) in [4.78, 5) is 26.2. The molecule has 5 heteroatoms. The third-order valence-electron chi connectivity index (χ3n) is 3.62. The summed E-state index contributed by atoms with van der Waals surface area (Å²) < 4.78 is 4.97. The zero-order valence-electron chi connectivity index (χ0n) is 13.4. The number of hydrogen-bond donors (Lipinski definition) is 0. The Morgan fingerprint density at radius 2 is 1.82 bits per heavy atom. The average molecular weight is 319 g/mol. The molecule has 0 unspecified atom stereocenters. The SMILES string of the molecule is COCCCN1C(=O)S/C(=C/c2c(C)cc(C)cc2C)C1=O. The van der Waals surface area contributed by atoms with Crippen LogP contribution in [0, 0.1) is 20.8 Å². The van der Waals surface area contributed by atoms with E-state index in [-0.39, 0.29) is 11.1 Å². The molecule has 1 aromatic rings. The molecule has 0 aromatic heterocycles. The molecule has 0 N–H and O–H groups in total. The average Bonchev–Trinajstić information content (AvgIpc) is 2.70. The predicted molar refractivity (Wildman–Crippen MR) is 89.8 cm³/mol. The summed E-state index contributed by atoms with van der Waals surface area (Å²) >= 11 is 1.01. The summed E-state index contributed by atoms with van der Waals surface area (Å²) in [6, 6.07) is 4.17. The third-order valence-corrected chi connectivity index (χ3v) is 4.52. The first-order valence-electron chi connectivity index (χ1n) is 7.26. The highest BCUT2D eigenvalue weighted by Gasteiger charge is 2.34. The van der Waals surface area contributed by atoms with Crippen LogP contribution < -0.4 is 0 Å². The topological polar surface area (TPSA) is 46.6 Å². The second-order valence-corrected chi connectivity index (χ2v) is 6.49. The van der Waals surface area contributed by atoms with Crippen LogP contribution in [0.1, 0.15) is 28.7 Å². The van der Waals surface area contributed by atoms with Crippen LogP contribution in [0.4, 0.5) is 4.79 Å². The van der Waals surface area contributed by atoms with Gasteiger partial charge in [0, 0.05) is 20.3 Å². The highest BCUT2D eigenvalue weighted by Crippen LogP contribution is 2.33. The molecule has 0 bridgehead atoms. The molecule has 4 nitrogen and oxygen atoms in total. The molecule has 1 aliphatic rings. The molecule has 0 atom stereocenters. The van der Waals surface area contributed by atoms with E-state index in [9.17, 15) is 9.59 Å². The van der Waals surface area contributed by atoms with Gasteiger partial charge in [0.2, 0.25) is 0 Å². The number of nitrogens with zero attached hydrogens (tertiary/aromatic N) is 1. The lowest BCUT2D eigenvalue weighted by molar-refractivity contribution is -0.122. The summed E-state index contributed by atoms with van der Waals surface area (Å²) in [7, 11) is 1.61. The maximum Gasteiger partial charge on any atom is 0.293 e. The molecule has 0 spiro atoms. The fourth-order valence-electron chi connectivity index (χ4n) is 2.61. The van der Waals surface area contributed by atoms with Crippen molar-refractivity contribution in [2.45, 2.75) is 27.2 Å². The van der Waals surface area contributed by atoms with Crippen LogP contribution in [-0.4, -0.2) is 36.3 Å². The quantitative estimate of drug-likeness (QED) is 0.613. The first-order valence-corrected chi connectivity index (χ1v) is 8.08. The molecule has 1 saturated heterocycles. The van der Waals surface area contributed by atoms with E-state index < -0.39 is 0 Å². The number of hydrogen-bond acceptors (Lipinski definition) is 4. The molecule has 1 fully saturated rings. The number of thioether (sulfide) groups is 1. The van der Waals surface area contributed by atoms with E-state index in [0.29, 0.717) is 24.5 Å². The Hall–Kier alpha value is -1.59. The van der Waals surface area contributed by atoms with Crippen LogP contribution >= 0.6 is 11.8 Å². The zero-order chi connectivity index (χ0) is 16.3. The van der Waals surface area contributed by atoms with E-state index >= 15 is 0 Å². The van der Waals surface area contributed by atoms with Crippen molar-refractivity contribution in [3.05, 3.63) is 39.3 Å². The summed E-state index contributed by atoms with van der Waals surface area (Å²) in [6.07, 6.45) is 2.50. The minimum absolute atomic E-state index is 0.199. The van der Waals surface area contributed by atoms with Gasteiger partial charge in [-0.1, -0.05) is 17.7 Å². The van der Waals surface area contributed by atoms with Crippen LogP contribution in [0.25, 0.3) is 6.08 Å². The van der Waals surface area contributed by atoms with Gasteiger partial charge in [-0.2, -0.15) is 0 Å². The molecular weight excluding hydrogens is 298 g/mol. The van der Waals surface area contributed by atoms with Gasteiger partial charge in [0.1, 0.15) is 0 Å². The van der Waals surface area contributed by atoms with Gasteiger partial charge in [0.25, 0.3) is 11.1 Å². The van der Waals surface area contributed by atoms with Crippen LogP contribution in [-0.2, 0) is 9.53 Å². The maximum absolute atomic E-state index is 12.4. The fourth-order valence-corrected chi connectivity index (χ4v) is 3.46. The second kappa shape index (κ2) is 7.11. The summed E-state index contributed by atoms with van der Waals surface area (Å²) in [5.74, 6) is -0.203. The lowest BCUT2D eigenvalue weighted by atomic mass is 9.99. The lowest BCUT2D eigenvalue weighted by Gasteiger charge is -2.11. The molecule has 22 heavy (non-hydrogen) atoms. The van der Waals surface area contributed by atoms with Gasteiger partial charge in [-0.3, -0.25) is 14.5 Å². The number of benzene rings is 1. The molecule has 0 aliphatic carbocycles. The molecule has 118 valence electrons. The molecule has 0 saturated carbocycles. The Kier molecular flexibility index (Phi) is 5.42. The summed E-state index contributed by atoms with van der Waals surface area (Å²) in [5.41, 5.74) is 4.44. The fraction of sp³-hybridized carbons (Fsp3) is 0.412. The largest absolute Gasteiger partial charge is 0.385 e. The number of ether oxygens (including phenoxy) is 1. The van der Waals surface area contributed by atoms with Crippen molar-refractivity contribution in [2.24, 2.45) is 0 Å². The van der Waals surface area contributed by atoms with Gasteiger partial charge in [0.05, 0.1) is 4.91 Å². The number of amides is 2. The van der Waals surface area contributed by atoms with Crippen LogP contribution in [0.15, 0.2) is 17.0 Å². The Balaban J connectivity index is 2.23. The maximum atomic E-state index is 12.4. The molecule has 0 radical (unpaired) electrons. The van der Waals surface area contributed by atoms with Crippen LogP contribution in [0.3, 0.4) is 0 Å². The number of carbonyl (C=O) groups is 2. The molecule has 1 aliphatic heterocycles. The minimum atomic E-state index is -0.203. The number of aryl methyl sites for hydroxylation is 3. The van der Waals surface area contributed by atoms with E-state index in [0.717, 1.165) is 28.5 Å². The van der Waals surface area contributed by atoms with E-state index in [1.54, 1.807) is 7.11 Å². The first kappa shape index (κ1) is 16.8. The first-order chi connectivity index (χ1) is 10.4. The Morgan fingerprint density at radius 3 is 2.41 bits per heavy atom. The predicted octanol–water partition coefficient (Wildman–Crippen LogP) is 3.68. The highest BCUT2D eigenvalue weighted by molar-refractivity contribution is 8.18. The molecule has 1 heterocycles. The monoisotopic (exact) mass is 319 g/mol. The number of imide groups is 1. The second-order valence-electron chi connectivity index (χ2n) is 5.49. The molecule has 2 rings (SSSR count). The summed E-state index contributed by atoms with van der Waals surface area (Å²) in [5, 5.41) is -0.199. The van der Waals surface area contributed by atoms with E-state index in [4.69, 9.17) is 4.74 Å². The van der Waals surface area contributed by atoms with Gasteiger partial charge in [-0.25, -0.2) is 0 Å². The lowest BCUT2D eigenvalue weighted by Crippen LogP contribution is -2.29. The van der Waals surface area contributed by atoms with Crippen molar-refractivity contribution in [3.63, 3.8) is 0 Å². The minimum Gasteiger partial charge on any atom is -0.385 e. The Morgan fingerprint density at radius 1 is 1.18 bits per heavy atom. The highest BCUT2D eigenvalue weighted by atomic mass is 32.2. The number of carbonyl (C=O) groups excluding carboxylic acids is 2. The van der Waals surface area contributed by atoms with Crippen molar-refractivity contribution in [3.8, 4) is 0 Å². The van der Waals surface area contributed by atoms with Crippen molar-refractivity contribution < 1.29 is 14.3 Å².